The van der Waals surface area contributed by atoms with E-state index < -0.39 is 26.5 Å². The number of anilines is 1. The second kappa shape index (κ2) is 9.74. The Morgan fingerprint density at radius 1 is 1.21 bits per heavy atom. The summed E-state index contributed by atoms with van der Waals surface area (Å²) >= 11 is 10.8. The number of hydrogen-bond acceptors (Lipinski definition) is 6. The van der Waals surface area contributed by atoms with E-state index in [-0.39, 0.29) is 20.6 Å². The number of nitro groups is 1. The Morgan fingerprint density at radius 2 is 1.86 bits per heavy atom. The van der Waals surface area contributed by atoms with Gasteiger partial charge in [-0.25, -0.2) is 13.1 Å². The Labute approximate surface area is 177 Å². The van der Waals surface area contributed by atoms with Crippen molar-refractivity contribution >= 4 is 56.2 Å². The summed E-state index contributed by atoms with van der Waals surface area (Å²) in [4.78, 5) is 22.5. The van der Waals surface area contributed by atoms with Crippen molar-refractivity contribution in [1.29, 1.82) is 0 Å². The first-order valence-corrected chi connectivity index (χ1v) is 10.6. The van der Waals surface area contributed by atoms with Gasteiger partial charge in [0.1, 0.15) is 5.02 Å². The number of benzene rings is 2. The molecular formula is C17H17ClN4O5S2. The Morgan fingerprint density at radius 3 is 2.45 bits per heavy atom. The van der Waals surface area contributed by atoms with Crippen LogP contribution in [0, 0.1) is 10.1 Å². The largest absolute Gasteiger partial charge is 0.332 e. The van der Waals surface area contributed by atoms with Crippen LogP contribution in [0.15, 0.2) is 47.4 Å². The number of thiocarbonyl (C=S) groups is 1. The molecule has 12 heteroatoms. The number of carbonyl (C=O) groups is 1. The molecule has 2 aromatic carbocycles. The van der Waals surface area contributed by atoms with Gasteiger partial charge in [-0.3, -0.25) is 20.2 Å². The summed E-state index contributed by atoms with van der Waals surface area (Å²) in [5, 5.41) is 15.9. The van der Waals surface area contributed by atoms with Crippen LogP contribution in [0.3, 0.4) is 0 Å². The van der Waals surface area contributed by atoms with Crippen molar-refractivity contribution in [2.45, 2.75) is 18.2 Å². The predicted molar refractivity (Wildman–Crippen MR) is 114 cm³/mol. The molecule has 0 bridgehead atoms. The molecule has 0 spiro atoms. The second-order valence-corrected chi connectivity index (χ2v) is 8.34. The molecule has 9 nitrogen and oxygen atoms in total. The Kier molecular flexibility index (Phi) is 7.62. The molecular weight excluding hydrogens is 440 g/mol. The lowest BCUT2D eigenvalue weighted by Crippen LogP contribution is -2.34. The zero-order valence-electron chi connectivity index (χ0n) is 15.1. The lowest BCUT2D eigenvalue weighted by molar-refractivity contribution is -0.384. The first-order valence-electron chi connectivity index (χ1n) is 8.30. The van der Waals surface area contributed by atoms with Crippen LogP contribution < -0.4 is 15.4 Å². The minimum Gasteiger partial charge on any atom is -0.332 e. The van der Waals surface area contributed by atoms with Crippen molar-refractivity contribution < 1.29 is 18.1 Å². The van der Waals surface area contributed by atoms with E-state index in [0.29, 0.717) is 18.7 Å². The van der Waals surface area contributed by atoms with Crippen LogP contribution in [-0.4, -0.2) is 30.9 Å². The van der Waals surface area contributed by atoms with E-state index in [1.165, 1.54) is 36.4 Å². The van der Waals surface area contributed by atoms with Gasteiger partial charge in [0.15, 0.2) is 5.11 Å². The van der Waals surface area contributed by atoms with E-state index in [0.717, 1.165) is 6.07 Å². The van der Waals surface area contributed by atoms with Crippen LogP contribution >= 0.6 is 23.8 Å². The van der Waals surface area contributed by atoms with Crippen molar-refractivity contribution in [2.24, 2.45) is 0 Å². The van der Waals surface area contributed by atoms with Gasteiger partial charge >= 0.3 is 0 Å². The molecule has 29 heavy (non-hydrogen) atoms. The second-order valence-electron chi connectivity index (χ2n) is 5.75. The lowest BCUT2D eigenvalue weighted by atomic mass is 10.2. The number of nitrogens with one attached hydrogen (secondary N) is 3. The predicted octanol–water partition coefficient (Wildman–Crippen LogP) is 3.06. The van der Waals surface area contributed by atoms with Crippen LogP contribution in [0.25, 0.3) is 0 Å². The fourth-order valence-electron chi connectivity index (χ4n) is 2.17. The Bertz CT molecular complexity index is 1040. The van der Waals surface area contributed by atoms with Gasteiger partial charge in [-0.05, 0) is 55.0 Å². The molecule has 2 aromatic rings. The van der Waals surface area contributed by atoms with Gasteiger partial charge in [-0.15, -0.1) is 0 Å². The number of nitro benzene ring substituents is 1. The van der Waals surface area contributed by atoms with Crippen LogP contribution in [0.4, 0.5) is 11.4 Å². The van der Waals surface area contributed by atoms with Crippen molar-refractivity contribution in [3.05, 3.63) is 63.2 Å². The molecule has 0 saturated heterocycles. The van der Waals surface area contributed by atoms with E-state index in [2.05, 4.69) is 15.4 Å². The molecule has 3 N–H and O–H groups in total. The number of rotatable bonds is 7. The van der Waals surface area contributed by atoms with Crippen molar-refractivity contribution in [1.82, 2.24) is 10.0 Å². The molecule has 0 aromatic heterocycles. The normalized spacial score (nSPS) is 11.0. The highest BCUT2D eigenvalue weighted by molar-refractivity contribution is 7.89. The summed E-state index contributed by atoms with van der Waals surface area (Å²) in [7, 11) is -3.58. The highest BCUT2D eigenvalue weighted by atomic mass is 35.5. The highest BCUT2D eigenvalue weighted by Crippen LogP contribution is 2.25. The molecule has 154 valence electrons. The molecule has 0 atom stereocenters. The Hall–Kier alpha value is -2.60. The third-order valence-corrected chi connectivity index (χ3v) is 5.60. The monoisotopic (exact) mass is 456 g/mol. The Balaban J connectivity index is 2.03. The zero-order chi connectivity index (χ0) is 21.6. The number of hydrogen-bond donors (Lipinski definition) is 3. The van der Waals surface area contributed by atoms with Crippen LogP contribution in [0.2, 0.25) is 5.02 Å². The fourth-order valence-corrected chi connectivity index (χ4v) is 3.70. The van der Waals surface area contributed by atoms with Gasteiger partial charge in [-0.2, -0.15) is 0 Å². The molecule has 0 aliphatic heterocycles. The number of amides is 1. The third kappa shape index (κ3) is 6.19. The van der Waals surface area contributed by atoms with Gasteiger partial charge in [-0.1, -0.05) is 18.5 Å². The van der Waals surface area contributed by atoms with E-state index in [1.807, 2.05) is 6.92 Å². The van der Waals surface area contributed by atoms with Gasteiger partial charge in [0.05, 0.1) is 9.82 Å². The fraction of sp³-hybridized carbons (Fsp3) is 0.176. The quantitative estimate of drug-likeness (QED) is 0.331. The molecule has 0 heterocycles. The first-order chi connectivity index (χ1) is 13.6. The summed E-state index contributed by atoms with van der Waals surface area (Å²) in [6, 6.07) is 9.40. The maximum atomic E-state index is 12.2. The molecule has 2 rings (SSSR count). The third-order valence-electron chi connectivity index (χ3n) is 3.60. The van der Waals surface area contributed by atoms with Crippen LogP contribution in [-0.2, 0) is 10.0 Å². The SMILES string of the molecule is CCCNS(=O)(=O)c1ccc(NC(=S)NC(=O)c2ccc(Cl)c([N+](=O)[O-])c2)cc1. The number of nitrogens with zero attached hydrogens (tertiary/aromatic N) is 1. The average molecular weight is 457 g/mol. The molecule has 0 unspecified atom stereocenters. The van der Waals surface area contributed by atoms with E-state index in [4.69, 9.17) is 23.8 Å². The van der Waals surface area contributed by atoms with Gasteiger partial charge < -0.3 is 5.32 Å². The minimum absolute atomic E-state index is 0.00805. The van der Waals surface area contributed by atoms with E-state index in [1.54, 1.807) is 0 Å². The average Bonchev–Trinajstić information content (AvgIpc) is 2.66. The standard InChI is InChI=1S/C17H17ClN4O5S2/c1-2-9-19-29(26,27)13-6-4-12(5-7-13)20-17(28)21-16(23)11-3-8-14(18)15(10-11)22(24)25/h3-8,10,19H,2,9H2,1H3,(H2,20,21,23,28). The lowest BCUT2D eigenvalue weighted by Gasteiger charge is -2.11. The first kappa shape index (κ1) is 22.7. The molecule has 0 fully saturated rings. The molecule has 1 amide bonds. The van der Waals surface area contributed by atoms with Gasteiger partial charge in [0.25, 0.3) is 11.6 Å². The zero-order valence-corrected chi connectivity index (χ0v) is 17.5. The number of carbonyl (C=O) groups excluding carboxylic acids is 1. The number of halogens is 1. The summed E-state index contributed by atoms with van der Waals surface area (Å²) in [5.41, 5.74) is 0.0622. The smallest absolute Gasteiger partial charge is 0.288 e. The maximum Gasteiger partial charge on any atom is 0.288 e. The van der Waals surface area contributed by atoms with Gasteiger partial charge in [0.2, 0.25) is 10.0 Å². The maximum absolute atomic E-state index is 12.2. The molecule has 0 radical (unpaired) electrons. The van der Waals surface area contributed by atoms with Gasteiger partial charge in [0, 0.05) is 23.9 Å². The summed E-state index contributed by atoms with van der Waals surface area (Å²) in [6.45, 7) is 2.19. The van der Waals surface area contributed by atoms with Crippen LogP contribution in [0.5, 0.6) is 0 Å². The van der Waals surface area contributed by atoms with Crippen molar-refractivity contribution in [3.63, 3.8) is 0 Å². The van der Waals surface area contributed by atoms with Crippen LogP contribution in [0.1, 0.15) is 23.7 Å². The van der Waals surface area contributed by atoms with E-state index >= 15 is 0 Å². The van der Waals surface area contributed by atoms with E-state index in [9.17, 15) is 23.3 Å². The summed E-state index contributed by atoms with van der Waals surface area (Å²) in [5.74, 6) is -0.662. The summed E-state index contributed by atoms with van der Waals surface area (Å²) in [6.07, 6.45) is 0.670. The topological polar surface area (TPSA) is 130 Å². The highest BCUT2D eigenvalue weighted by Gasteiger charge is 2.17. The minimum atomic E-state index is -3.58. The van der Waals surface area contributed by atoms with Crippen molar-refractivity contribution in [2.75, 3.05) is 11.9 Å². The molecule has 0 aliphatic carbocycles. The molecule has 0 saturated carbocycles. The number of sulfonamides is 1. The van der Waals surface area contributed by atoms with Crippen molar-refractivity contribution in [3.8, 4) is 0 Å². The molecule has 0 aliphatic rings. The summed E-state index contributed by atoms with van der Waals surface area (Å²) < 4.78 is 26.6.